The average Bonchev–Trinajstić information content (AvgIpc) is 3.67. The first-order valence-corrected chi connectivity index (χ1v) is 24.9. The van der Waals surface area contributed by atoms with E-state index in [1.165, 1.54) is 39.5 Å². The third kappa shape index (κ3) is 47.4. The fourth-order valence-electron chi connectivity index (χ4n) is 3.99. The highest BCUT2D eigenvalue weighted by Gasteiger charge is 2.37. The molecule has 0 aliphatic heterocycles. The Morgan fingerprint density at radius 2 is 0.761 bits per heavy atom. The molecule has 12 heteroatoms. The lowest BCUT2D eigenvalue weighted by Gasteiger charge is -2.33. The Morgan fingerprint density at radius 3 is 0.821 bits per heavy atom. The van der Waals surface area contributed by atoms with Crippen molar-refractivity contribution in [3.05, 3.63) is 0 Å². The van der Waals surface area contributed by atoms with E-state index in [9.17, 15) is 41.7 Å². The number of hydrogen-bond acceptors (Lipinski definition) is 6. The van der Waals surface area contributed by atoms with Gasteiger partial charge in [-0.3, -0.25) is 8.78 Å². The van der Waals surface area contributed by atoms with Gasteiger partial charge in [0.1, 0.15) is 5.60 Å². The highest BCUT2D eigenvalue weighted by molar-refractivity contribution is 4.87. The first-order chi connectivity index (χ1) is 28.8. The minimum atomic E-state index is -2.66. The third-order valence-corrected chi connectivity index (χ3v) is 13.7. The third-order valence-electron chi connectivity index (χ3n) is 13.7. The van der Waals surface area contributed by atoms with Crippen LogP contribution in [0.4, 0.5) is 26.3 Å². The largest absolute Gasteiger partial charge is 0.390 e. The summed E-state index contributed by atoms with van der Waals surface area (Å²) in [6.45, 7) is 49.7. The van der Waals surface area contributed by atoms with E-state index in [1.807, 2.05) is 118 Å². The Labute approximate surface area is 413 Å². The zero-order valence-corrected chi connectivity index (χ0v) is 48.4. The molecule has 0 heterocycles. The van der Waals surface area contributed by atoms with E-state index in [-0.39, 0.29) is 13.3 Å². The fraction of sp³-hybridized carbons (Fsp3) is 1.00. The summed E-state index contributed by atoms with van der Waals surface area (Å²) in [6, 6.07) is 0. The molecule has 1 aliphatic carbocycles. The van der Waals surface area contributed by atoms with Crippen molar-refractivity contribution in [1.29, 1.82) is 0 Å². The molecular formula is C55H120F6O6. The van der Waals surface area contributed by atoms with Crippen LogP contribution in [0.2, 0.25) is 0 Å². The monoisotopic (exact) mass is 991 g/mol. The van der Waals surface area contributed by atoms with Crippen molar-refractivity contribution in [1.82, 2.24) is 0 Å². The van der Waals surface area contributed by atoms with Gasteiger partial charge in [0.2, 0.25) is 5.92 Å². The van der Waals surface area contributed by atoms with Crippen LogP contribution in [-0.2, 0) is 0 Å². The molecule has 0 aromatic rings. The molecule has 0 aromatic carbocycles. The molecular weight excluding hydrogens is 871 g/mol. The van der Waals surface area contributed by atoms with E-state index in [2.05, 4.69) is 27.7 Å². The predicted octanol–water partition coefficient (Wildman–Crippen LogP) is 16.2. The second-order valence-electron chi connectivity index (χ2n) is 24.1. The molecule has 6 N–H and O–H groups in total. The molecule has 0 radical (unpaired) electrons. The fourth-order valence-corrected chi connectivity index (χ4v) is 3.99. The molecule has 418 valence electrons. The zero-order valence-electron chi connectivity index (χ0n) is 48.4. The van der Waals surface area contributed by atoms with Gasteiger partial charge in [0.15, 0.2) is 0 Å². The van der Waals surface area contributed by atoms with Gasteiger partial charge < -0.3 is 30.6 Å². The standard InChI is InChI=1S/C10H20O.C7H14F2.2C7H16O.C6H12F2O.2C6H14O.C5H10F2.CH4/c1-8(2)10(3,11)9-6-4-5-7-9;1-6(2)7(3,4-8)5-9;1-6(2)5-7(3,4)8;1-5-7(4,8)6(2)3;1-4(2)6(3,9)5(7)8;2*1-5(2)6(3,4)7;1-4(2)5(3,6)7;/h8-9,11H,4-7H2,1-3H3;6H,4-5H2,1-3H3;2*6,8H,5H2,1-4H3;4-5,9H,1-3H3;2*5,7H,1-4H3;4H,1-3H3;1H4. The van der Waals surface area contributed by atoms with E-state index >= 15 is 0 Å². The molecule has 6 nitrogen and oxygen atoms in total. The summed E-state index contributed by atoms with van der Waals surface area (Å²) in [6.07, 6.45) is 4.15. The minimum absolute atomic E-state index is 0. The molecule has 1 fully saturated rings. The van der Waals surface area contributed by atoms with Crippen molar-refractivity contribution in [3.63, 3.8) is 0 Å². The maximum Gasteiger partial charge on any atom is 0.266 e. The molecule has 0 bridgehead atoms. The normalized spacial score (nSPS) is 16.3. The molecule has 1 rings (SSSR count). The second-order valence-corrected chi connectivity index (χ2v) is 24.1. The summed E-state index contributed by atoms with van der Waals surface area (Å²) in [5, 5.41) is 55.8. The van der Waals surface area contributed by atoms with Crippen molar-refractivity contribution >= 4 is 0 Å². The lowest BCUT2D eigenvalue weighted by atomic mass is 9.79. The van der Waals surface area contributed by atoms with Crippen molar-refractivity contribution in [2.24, 2.45) is 58.7 Å². The summed E-state index contributed by atoms with van der Waals surface area (Å²) >= 11 is 0. The topological polar surface area (TPSA) is 121 Å². The second kappa shape index (κ2) is 37.1. The lowest BCUT2D eigenvalue weighted by Crippen LogP contribution is -2.38. The van der Waals surface area contributed by atoms with Gasteiger partial charge in [-0.2, -0.15) is 0 Å². The summed E-state index contributed by atoms with van der Waals surface area (Å²) in [4.78, 5) is 0. The zero-order chi connectivity index (χ0) is 55.4. The van der Waals surface area contributed by atoms with Crippen molar-refractivity contribution in [2.45, 2.75) is 286 Å². The summed E-state index contributed by atoms with van der Waals surface area (Å²) in [5.41, 5.74) is -4.94. The van der Waals surface area contributed by atoms with Crippen LogP contribution in [-0.4, -0.2) is 89.9 Å². The Morgan fingerprint density at radius 1 is 0.478 bits per heavy atom. The highest BCUT2D eigenvalue weighted by atomic mass is 19.3. The van der Waals surface area contributed by atoms with Gasteiger partial charge in [0.25, 0.3) is 6.43 Å². The summed E-state index contributed by atoms with van der Waals surface area (Å²) < 4.78 is 71.4. The Bertz CT molecular complexity index is 1020. The maximum atomic E-state index is 12.1. The molecule has 0 saturated heterocycles. The van der Waals surface area contributed by atoms with Crippen molar-refractivity contribution in [2.75, 3.05) is 13.3 Å². The van der Waals surface area contributed by atoms with E-state index in [0.29, 0.717) is 35.5 Å². The molecule has 3 unspecified atom stereocenters. The van der Waals surface area contributed by atoms with E-state index < -0.39 is 76.6 Å². The Hall–Kier alpha value is -0.660. The number of hydrogen-bond donors (Lipinski definition) is 6. The smallest absolute Gasteiger partial charge is 0.266 e. The van der Waals surface area contributed by atoms with Crippen LogP contribution in [0, 0.1) is 58.7 Å². The molecule has 1 saturated carbocycles. The van der Waals surface area contributed by atoms with Crippen LogP contribution in [0.5, 0.6) is 0 Å². The van der Waals surface area contributed by atoms with Gasteiger partial charge >= 0.3 is 0 Å². The van der Waals surface area contributed by atoms with Crippen molar-refractivity contribution in [3.8, 4) is 0 Å². The number of aliphatic hydroxyl groups is 6. The van der Waals surface area contributed by atoms with Crippen molar-refractivity contribution < 1.29 is 57.0 Å². The van der Waals surface area contributed by atoms with E-state index in [0.717, 1.165) is 26.7 Å². The van der Waals surface area contributed by atoms with Crippen LogP contribution in [0.1, 0.15) is 240 Å². The molecule has 1 aliphatic rings. The molecule has 3 atom stereocenters. The van der Waals surface area contributed by atoms with Gasteiger partial charge in [0.05, 0.1) is 41.4 Å². The minimum Gasteiger partial charge on any atom is -0.390 e. The van der Waals surface area contributed by atoms with Crippen LogP contribution >= 0.6 is 0 Å². The highest BCUT2D eigenvalue weighted by Crippen LogP contribution is 2.38. The first-order valence-electron chi connectivity index (χ1n) is 24.9. The number of alkyl halides is 6. The lowest BCUT2D eigenvalue weighted by molar-refractivity contribution is -0.111. The molecule has 0 spiro atoms. The molecule has 67 heavy (non-hydrogen) atoms. The van der Waals surface area contributed by atoms with Crippen LogP contribution in [0.3, 0.4) is 0 Å². The summed E-state index contributed by atoms with van der Waals surface area (Å²) in [5.74, 6) is -0.743. The maximum absolute atomic E-state index is 12.1. The predicted molar refractivity (Wildman–Crippen MR) is 280 cm³/mol. The van der Waals surface area contributed by atoms with Gasteiger partial charge in [0, 0.05) is 11.3 Å². The summed E-state index contributed by atoms with van der Waals surface area (Å²) in [7, 11) is 0. The number of halogens is 6. The SMILES string of the molecule is C.CC(C)C(C)(C)O.CC(C)C(C)(C)O.CC(C)C(C)(CF)CF.CC(C)C(C)(F)F.CC(C)C(C)(O)C(F)F.CC(C)C(C)(O)C1CCCC1.CC(C)CC(C)(C)O.CCC(C)(O)C(C)C. The van der Waals surface area contributed by atoms with Gasteiger partial charge in [-0.15, -0.1) is 0 Å². The Kier molecular flexibility index (Phi) is 46.1. The molecule has 0 aromatic heterocycles. The van der Waals surface area contributed by atoms with Gasteiger partial charge in [-0.1, -0.05) is 145 Å². The number of rotatable bonds is 14. The van der Waals surface area contributed by atoms with Gasteiger partial charge in [-0.25, -0.2) is 17.6 Å². The average molecular weight is 992 g/mol. The quantitative estimate of drug-likeness (QED) is 0.0965. The van der Waals surface area contributed by atoms with E-state index in [4.69, 9.17) is 15.3 Å². The van der Waals surface area contributed by atoms with Crippen LogP contribution in [0.25, 0.3) is 0 Å². The Balaban J connectivity index is -0.0000000993. The van der Waals surface area contributed by atoms with Crippen LogP contribution < -0.4 is 0 Å². The van der Waals surface area contributed by atoms with E-state index in [1.54, 1.807) is 20.8 Å². The first kappa shape index (κ1) is 83.2. The van der Waals surface area contributed by atoms with Crippen LogP contribution in [0.15, 0.2) is 0 Å². The molecule has 0 amide bonds. The van der Waals surface area contributed by atoms with Gasteiger partial charge in [-0.05, 0) is 142 Å².